The Morgan fingerprint density at radius 2 is 1.80 bits per heavy atom. The summed E-state index contributed by atoms with van der Waals surface area (Å²) in [5.41, 5.74) is 1.30. The second-order valence-electron chi connectivity index (χ2n) is 3.54. The Labute approximate surface area is 92.7 Å². The fourth-order valence-electron chi connectivity index (χ4n) is 1.61. The van der Waals surface area contributed by atoms with E-state index in [1.807, 2.05) is 24.3 Å². The SMILES string of the molecule is C=CCN(CC=C)C(C)c1cc[c]cc1. The van der Waals surface area contributed by atoms with Gasteiger partial charge in [0.1, 0.15) is 0 Å². The van der Waals surface area contributed by atoms with E-state index in [0.29, 0.717) is 6.04 Å². The zero-order valence-corrected chi connectivity index (χ0v) is 9.32. The molecule has 0 heterocycles. The van der Waals surface area contributed by atoms with Gasteiger partial charge in [0.2, 0.25) is 0 Å². The minimum atomic E-state index is 0.385. The molecule has 1 aromatic carbocycles. The summed E-state index contributed by atoms with van der Waals surface area (Å²) < 4.78 is 0. The lowest BCUT2D eigenvalue weighted by Crippen LogP contribution is -2.27. The van der Waals surface area contributed by atoms with Crippen molar-refractivity contribution in [2.24, 2.45) is 0 Å². The first-order valence-corrected chi connectivity index (χ1v) is 5.21. The molecule has 0 saturated heterocycles. The van der Waals surface area contributed by atoms with Crippen LogP contribution in [0.1, 0.15) is 18.5 Å². The molecule has 0 aliphatic heterocycles. The maximum Gasteiger partial charge on any atom is 0.0326 e. The second kappa shape index (κ2) is 6.20. The van der Waals surface area contributed by atoms with E-state index in [0.717, 1.165) is 13.1 Å². The zero-order valence-electron chi connectivity index (χ0n) is 9.32. The highest BCUT2D eigenvalue weighted by Crippen LogP contribution is 2.19. The van der Waals surface area contributed by atoms with Gasteiger partial charge in [-0.25, -0.2) is 0 Å². The van der Waals surface area contributed by atoms with E-state index in [1.54, 1.807) is 0 Å². The van der Waals surface area contributed by atoms with Gasteiger partial charge in [0.25, 0.3) is 0 Å². The minimum absolute atomic E-state index is 0.385. The van der Waals surface area contributed by atoms with Crippen molar-refractivity contribution in [3.63, 3.8) is 0 Å². The van der Waals surface area contributed by atoms with Crippen molar-refractivity contribution < 1.29 is 0 Å². The second-order valence-corrected chi connectivity index (χ2v) is 3.54. The summed E-state index contributed by atoms with van der Waals surface area (Å²) in [4.78, 5) is 2.31. The Bertz CT molecular complexity index is 292. The van der Waals surface area contributed by atoms with Crippen molar-refractivity contribution in [3.8, 4) is 0 Å². The quantitative estimate of drug-likeness (QED) is 0.637. The third kappa shape index (κ3) is 3.37. The van der Waals surface area contributed by atoms with Gasteiger partial charge >= 0.3 is 0 Å². The molecule has 1 heteroatoms. The average molecular weight is 200 g/mol. The lowest BCUT2D eigenvalue weighted by molar-refractivity contribution is 0.260. The molecule has 0 spiro atoms. The first-order chi connectivity index (χ1) is 7.29. The molecule has 1 rings (SSSR count). The van der Waals surface area contributed by atoms with Crippen LogP contribution < -0.4 is 0 Å². The van der Waals surface area contributed by atoms with Crippen molar-refractivity contribution in [2.75, 3.05) is 13.1 Å². The van der Waals surface area contributed by atoms with Gasteiger partial charge in [0.15, 0.2) is 0 Å². The molecular formula is C14H18N. The normalized spacial score (nSPS) is 12.4. The van der Waals surface area contributed by atoms with Crippen LogP contribution in [0.15, 0.2) is 49.6 Å². The fraction of sp³-hybridized carbons (Fsp3) is 0.286. The summed E-state index contributed by atoms with van der Waals surface area (Å²) >= 11 is 0. The molecule has 1 atom stereocenters. The molecule has 0 saturated carbocycles. The van der Waals surface area contributed by atoms with Gasteiger partial charge < -0.3 is 0 Å². The fourth-order valence-corrected chi connectivity index (χ4v) is 1.61. The van der Waals surface area contributed by atoms with Gasteiger partial charge in [0.05, 0.1) is 0 Å². The van der Waals surface area contributed by atoms with Gasteiger partial charge in [-0.15, -0.1) is 13.2 Å². The van der Waals surface area contributed by atoms with E-state index in [1.165, 1.54) is 5.56 Å². The lowest BCUT2D eigenvalue weighted by Gasteiger charge is -2.26. The van der Waals surface area contributed by atoms with Gasteiger partial charge in [-0.2, -0.15) is 0 Å². The van der Waals surface area contributed by atoms with E-state index in [-0.39, 0.29) is 0 Å². The molecular weight excluding hydrogens is 182 g/mol. The topological polar surface area (TPSA) is 3.24 Å². The standard InChI is InChI=1S/C14H18N/c1-4-11-15(12-5-2)13(3)14-9-7-6-8-10-14/h4-5,7-10,13H,1-2,11-12H2,3H3. The summed E-state index contributed by atoms with van der Waals surface area (Å²) in [6.07, 6.45) is 3.85. The van der Waals surface area contributed by atoms with E-state index < -0.39 is 0 Å². The van der Waals surface area contributed by atoms with Crippen LogP contribution >= 0.6 is 0 Å². The Balaban J connectivity index is 2.75. The first-order valence-electron chi connectivity index (χ1n) is 5.21. The number of nitrogens with zero attached hydrogens (tertiary/aromatic N) is 1. The summed E-state index contributed by atoms with van der Waals surface area (Å²) in [5, 5.41) is 0. The molecule has 79 valence electrons. The van der Waals surface area contributed by atoms with Crippen LogP contribution in [0.25, 0.3) is 0 Å². The molecule has 0 N–H and O–H groups in total. The van der Waals surface area contributed by atoms with E-state index in [4.69, 9.17) is 0 Å². The molecule has 0 fully saturated rings. The highest BCUT2D eigenvalue weighted by molar-refractivity contribution is 5.18. The summed E-state index contributed by atoms with van der Waals surface area (Å²) in [6.45, 7) is 11.5. The third-order valence-corrected chi connectivity index (χ3v) is 2.50. The van der Waals surface area contributed by atoms with Gasteiger partial charge in [-0.1, -0.05) is 36.4 Å². The zero-order chi connectivity index (χ0) is 11.1. The highest BCUT2D eigenvalue weighted by Gasteiger charge is 2.12. The first kappa shape index (κ1) is 11.7. The maximum absolute atomic E-state index is 3.78. The summed E-state index contributed by atoms with van der Waals surface area (Å²) in [6, 6.07) is 11.5. The molecule has 0 amide bonds. The monoisotopic (exact) mass is 200 g/mol. The van der Waals surface area contributed by atoms with E-state index in [9.17, 15) is 0 Å². The third-order valence-electron chi connectivity index (χ3n) is 2.50. The van der Waals surface area contributed by atoms with Crippen molar-refractivity contribution in [2.45, 2.75) is 13.0 Å². The maximum atomic E-state index is 3.78. The summed E-state index contributed by atoms with van der Waals surface area (Å²) in [7, 11) is 0. The molecule has 0 aliphatic carbocycles. The van der Waals surface area contributed by atoms with Crippen molar-refractivity contribution in [1.82, 2.24) is 4.90 Å². The van der Waals surface area contributed by atoms with Crippen LogP contribution in [-0.4, -0.2) is 18.0 Å². The molecule has 0 aromatic heterocycles. The molecule has 1 nitrogen and oxygen atoms in total. The van der Waals surface area contributed by atoms with Crippen molar-refractivity contribution >= 4 is 0 Å². The van der Waals surface area contributed by atoms with Crippen LogP contribution in [-0.2, 0) is 0 Å². The van der Waals surface area contributed by atoms with Crippen LogP contribution in [0.3, 0.4) is 0 Å². The Kier molecular flexibility index (Phi) is 4.85. The number of hydrogen-bond acceptors (Lipinski definition) is 1. The van der Waals surface area contributed by atoms with Gasteiger partial charge in [-0.05, 0) is 18.6 Å². The minimum Gasteiger partial charge on any atom is -0.289 e. The van der Waals surface area contributed by atoms with Crippen LogP contribution in [0.2, 0.25) is 0 Å². The predicted molar refractivity (Wildman–Crippen MR) is 65.7 cm³/mol. The number of rotatable bonds is 6. The van der Waals surface area contributed by atoms with Crippen LogP contribution in [0.5, 0.6) is 0 Å². The van der Waals surface area contributed by atoms with E-state index >= 15 is 0 Å². The summed E-state index contributed by atoms with van der Waals surface area (Å²) in [5.74, 6) is 0. The average Bonchev–Trinajstić information content (AvgIpc) is 2.29. The molecule has 0 aliphatic rings. The largest absolute Gasteiger partial charge is 0.289 e. The molecule has 0 bridgehead atoms. The smallest absolute Gasteiger partial charge is 0.0326 e. The van der Waals surface area contributed by atoms with Crippen LogP contribution in [0.4, 0.5) is 0 Å². The Morgan fingerprint density at radius 3 is 2.27 bits per heavy atom. The van der Waals surface area contributed by atoms with E-state index in [2.05, 4.69) is 43.2 Å². The molecule has 1 unspecified atom stereocenters. The number of benzene rings is 1. The van der Waals surface area contributed by atoms with Crippen molar-refractivity contribution in [1.29, 1.82) is 0 Å². The highest BCUT2D eigenvalue weighted by atomic mass is 15.1. The van der Waals surface area contributed by atoms with Gasteiger partial charge in [-0.3, -0.25) is 4.90 Å². The molecule has 1 aromatic rings. The van der Waals surface area contributed by atoms with Gasteiger partial charge in [0, 0.05) is 19.1 Å². The predicted octanol–water partition coefficient (Wildman–Crippen LogP) is 3.22. The van der Waals surface area contributed by atoms with Crippen LogP contribution in [0, 0.1) is 6.07 Å². The Morgan fingerprint density at radius 1 is 1.27 bits per heavy atom. The lowest BCUT2D eigenvalue weighted by atomic mass is 10.1. The Hall–Kier alpha value is -1.34. The number of hydrogen-bond donors (Lipinski definition) is 0. The molecule has 15 heavy (non-hydrogen) atoms. The molecule has 1 radical (unpaired) electrons. The van der Waals surface area contributed by atoms with Crippen molar-refractivity contribution in [3.05, 3.63) is 61.2 Å².